The van der Waals surface area contributed by atoms with Crippen LogP contribution in [0.4, 0.5) is 0 Å². The Balaban J connectivity index is 0. The fourth-order valence-corrected chi connectivity index (χ4v) is 0.385. The molecule has 0 heterocycles. The van der Waals surface area contributed by atoms with Gasteiger partial charge in [-0.2, -0.15) is 0 Å². The van der Waals surface area contributed by atoms with Crippen molar-refractivity contribution >= 4 is 6.79 Å². The standard InChI is InChI=1S/C6H6.CHN.CH2O/c1-2-4-6-5-3-1;2*1-2/h1-6H;1H;1H2. The highest BCUT2D eigenvalue weighted by Gasteiger charge is 1.57. The van der Waals surface area contributed by atoms with E-state index in [0.717, 1.165) is 0 Å². The zero-order chi connectivity index (χ0) is 8.24. The van der Waals surface area contributed by atoms with Gasteiger partial charge in [0.1, 0.15) is 6.79 Å². The first kappa shape index (κ1) is 11.2. The van der Waals surface area contributed by atoms with Crippen molar-refractivity contribution in [3.63, 3.8) is 0 Å². The maximum absolute atomic E-state index is 8.00. The maximum atomic E-state index is 8.00. The SMILES string of the molecule is C#N.C=O.c1ccccc1. The second-order valence-electron chi connectivity index (χ2n) is 1.15. The van der Waals surface area contributed by atoms with E-state index in [1.165, 1.54) is 0 Å². The molecular weight excluding hydrogens is 126 g/mol. The first-order valence-corrected chi connectivity index (χ1v) is 2.55. The molecule has 0 aliphatic carbocycles. The van der Waals surface area contributed by atoms with E-state index in [1.54, 1.807) is 0 Å². The summed E-state index contributed by atoms with van der Waals surface area (Å²) in [5.41, 5.74) is 0. The van der Waals surface area contributed by atoms with Gasteiger partial charge in [-0.25, -0.2) is 5.26 Å². The van der Waals surface area contributed by atoms with Gasteiger partial charge in [0.25, 0.3) is 0 Å². The predicted molar refractivity (Wildman–Crippen MR) is 40.2 cm³/mol. The molecule has 0 unspecified atom stereocenters. The van der Waals surface area contributed by atoms with Crippen molar-refractivity contribution in [1.82, 2.24) is 0 Å². The van der Waals surface area contributed by atoms with Crippen LogP contribution in [0.2, 0.25) is 0 Å². The van der Waals surface area contributed by atoms with Gasteiger partial charge >= 0.3 is 0 Å². The minimum Gasteiger partial charge on any atom is -0.307 e. The third-order valence-corrected chi connectivity index (χ3v) is 0.667. The lowest BCUT2D eigenvalue weighted by atomic mass is 10.4. The van der Waals surface area contributed by atoms with Crippen LogP contribution >= 0.6 is 0 Å². The highest BCUT2D eigenvalue weighted by molar-refractivity contribution is 5.11. The van der Waals surface area contributed by atoms with Crippen molar-refractivity contribution in [2.45, 2.75) is 0 Å². The summed E-state index contributed by atoms with van der Waals surface area (Å²) in [5, 5.41) is 6.50. The lowest BCUT2D eigenvalue weighted by molar-refractivity contribution is -0.0979. The fraction of sp³-hybridized carbons (Fsp3) is 0. The van der Waals surface area contributed by atoms with Gasteiger partial charge in [0.05, 0.1) is 0 Å². The third kappa shape index (κ3) is 9.63. The first-order valence-electron chi connectivity index (χ1n) is 2.55. The highest BCUT2D eigenvalue weighted by Crippen LogP contribution is 1.79. The van der Waals surface area contributed by atoms with Crippen LogP contribution in [0.3, 0.4) is 0 Å². The molecule has 0 radical (unpaired) electrons. The molecule has 1 aromatic carbocycles. The molecule has 0 aromatic heterocycles. The molecule has 0 N–H and O–H groups in total. The Morgan fingerprint density at radius 3 is 1.00 bits per heavy atom. The zero-order valence-corrected chi connectivity index (χ0v) is 5.60. The molecule has 2 nitrogen and oxygen atoms in total. The molecule has 1 rings (SSSR count). The Kier molecular flexibility index (Phi) is 17.6. The predicted octanol–water partition coefficient (Wildman–Crippen LogP) is 1.64. The largest absolute Gasteiger partial charge is 0.307 e. The van der Waals surface area contributed by atoms with E-state index in [2.05, 4.69) is 6.57 Å². The summed E-state index contributed by atoms with van der Waals surface area (Å²) in [6.07, 6.45) is 0. The molecule has 0 fully saturated rings. The zero-order valence-electron chi connectivity index (χ0n) is 5.60. The number of carbonyl (C=O) groups excluding carboxylic acids is 1. The molecule has 0 aliphatic heterocycles. The lowest BCUT2D eigenvalue weighted by Gasteiger charge is -1.69. The average molecular weight is 135 g/mol. The summed E-state index contributed by atoms with van der Waals surface area (Å²) in [6.45, 7) is 5.50. The van der Waals surface area contributed by atoms with Gasteiger partial charge in [0.2, 0.25) is 0 Å². The van der Waals surface area contributed by atoms with E-state index in [4.69, 9.17) is 10.1 Å². The number of nitrogens with zero attached hydrogens (tertiary/aromatic N) is 1. The van der Waals surface area contributed by atoms with Crippen LogP contribution in [0, 0.1) is 11.8 Å². The van der Waals surface area contributed by atoms with Crippen LogP contribution in [0.1, 0.15) is 0 Å². The van der Waals surface area contributed by atoms with Crippen LogP contribution in [0.25, 0.3) is 0 Å². The number of benzene rings is 1. The topological polar surface area (TPSA) is 40.9 Å². The van der Waals surface area contributed by atoms with Crippen molar-refractivity contribution in [3.05, 3.63) is 36.4 Å². The van der Waals surface area contributed by atoms with E-state index in [9.17, 15) is 0 Å². The molecule has 52 valence electrons. The van der Waals surface area contributed by atoms with Gasteiger partial charge in [0, 0.05) is 6.57 Å². The Hall–Kier alpha value is -1.62. The van der Waals surface area contributed by atoms with E-state index in [1.807, 2.05) is 43.2 Å². The third-order valence-electron chi connectivity index (χ3n) is 0.667. The number of carbonyl (C=O) groups is 1. The molecule has 0 amide bonds. The van der Waals surface area contributed by atoms with Gasteiger partial charge in [-0.15, -0.1) is 0 Å². The summed E-state index contributed by atoms with van der Waals surface area (Å²) in [4.78, 5) is 8.00. The Bertz CT molecular complexity index is 121. The van der Waals surface area contributed by atoms with Gasteiger partial charge in [-0.05, 0) is 0 Å². The second kappa shape index (κ2) is 15.7. The Labute approximate surface area is 60.7 Å². The molecule has 1 aromatic rings. The van der Waals surface area contributed by atoms with Crippen LogP contribution in [-0.2, 0) is 4.79 Å². The molecule has 2 heteroatoms. The van der Waals surface area contributed by atoms with Crippen molar-refractivity contribution in [3.8, 4) is 6.57 Å². The van der Waals surface area contributed by atoms with Crippen LogP contribution in [0.15, 0.2) is 36.4 Å². The lowest BCUT2D eigenvalue weighted by Crippen LogP contribution is -1.47. The molecule has 0 aliphatic rings. The van der Waals surface area contributed by atoms with E-state index in [-0.39, 0.29) is 0 Å². The summed E-state index contributed by atoms with van der Waals surface area (Å²) >= 11 is 0. The van der Waals surface area contributed by atoms with Gasteiger partial charge in [0.15, 0.2) is 0 Å². The maximum Gasteiger partial charge on any atom is 0.106 e. The molecule has 10 heavy (non-hydrogen) atoms. The number of hydrogen-bond acceptors (Lipinski definition) is 2. The number of nitriles is 1. The Morgan fingerprint density at radius 1 is 0.800 bits per heavy atom. The van der Waals surface area contributed by atoms with Crippen LogP contribution in [0.5, 0.6) is 0 Å². The molecule has 0 saturated heterocycles. The summed E-state index contributed by atoms with van der Waals surface area (Å²) in [7, 11) is 0. The smallest absolute Gasteiger partial charge is 0.106 e. The van der Waals surface area contributed by atoms with Crippen molar-refractivity contribution in [1.29, 1.82) is 5.26 Å². The minimum atomic E-state index is 2.00. The Morgan fingerprint density at radius 2 is 0.900 bits per heavy atom. The summed E-state index contributed by atoms with van der Waals surface area (Å²) in [5.74, 6) is 0. The van der Waals surface area contributed by atoms with Crippen molar-refractivity contribution in [2.24, 2.45) is 0 Å². The van der Waals surface area contributed by atoms with Gasteiger partial charge in [-0.3, -0.25) is 0 Å². The van der Waals surface area contributed by atoms with Crippen LogP contribution in [-0.4, -0.2) is 6.79 Å². The summed E-state index contributed by atoms with van der Waals surface area (Å²) < 4.78 is 0. The minimum absolute atomic E-state index is 2.00. The van der Waals surface area contributed by atoms with Gasteiger partial charge < -0.3 is 4.79 Å². The average Bonchev–Trinajstić information content (AvgIpc) is 2.14. The monoisotopic (exact) mass is 135 g/mol. The van der Waals surface area contributed by atoms with Gasteiger partial charge in [-0.1, -0.05) is 36.4 Å². The first-order chi connectivity index (χ1) is 5.00. The van der Waals surface area contributed by atoms with E-state index >= 15 is 0 Å². The van der Waals surface area contributed by atoms with E-state index < -0.39 is 0 Å². The number of hydrogen-bond donors (Lipinski definition) is 0. The molecule has 0 atom stereocenters. The fourth-order valence-electron chi connectivity index (χ4n) is 0.385. The van der Waals surface area contributed by atoms with E-state index in [0.29, 0.717) is 0 Å². The van der Waals surface area contributed by atoms with Crippen molar-refractivity contribution in [2.75, 3.05) is 0 Å². The highest BCUT2D eigenvalue weighted by atomic mass is 16.1. The quantitative estimate of drug-likeness (QED) is 0.542. The molecule has 0 saturated carbocycles. The second-order valence-corrected chi connectivity index (χ2v) is 1.15. The summed E-state index contributed by atoms with van der Waals surface area (Å²) in [6, 6.07) is 12.0. The van der Waals surface area contributed by atoms with Crippen molar-refractivity contribution < 1.29 is 4.79 Å². The number of rotatable bonds is 0. The molecular formula is C8H9NO. The molecule has 0 spiro atoms. The molecule has 0 bridgehead atoms. The normalized spacial score (nSPS) is 5.40. The van der Waals surface area contributed by atoms with Crippen LogP contribution < -0.4 is 0 Å².